The van der Waals surface area contributed by atoms with E-state index in [0.717, 1.165) is 23.0 Å². The largest absolute Gasteiger partial charge is 0.487 e. The maximum absolute atomic E-state index is 14.2. The molecule has 0 fully saturated rings. The lowest BCUT2D eigenvalue weighted by atomic mass is 9.95. The average Bonchev–Trinajstić information content (AvgIpc) is 3.17. The number of allylic oxidation sites excluding steroid dienone is 1. The Labute approximate surface area is 256 Å². The monoisotopic (exact) mass is 800 g/mol. The minimum atomic E-state index is -4.98. The first-order valence-corrected chi connectivity index (χ1v) is 14.6. The van der Waals surface area contributed by atoms with Crippen molar-refractivity contribution in [3.8, 4) is 5.75 Å². The van der Waals surface area contributed by atoms with Crippen molar-refractivity contribution in [3.63, 3.8) is 0 Å². The van der Waals surface area contributed by atoms with Gasteiger partial charge in [-0.25, -0.2) is 9.79 Å². The molecule has 2 aromatic carbocycles. The number of benzene rings is 2. The summed E-state index contributed by atoms with van der Waals surface area (Å²) in [4.78, 5) is 30.2. The normalized spacial score (nSPS) is 15.6. The summed E-state index contributed by atoms with van der Waals surface area (Å²) in [5, 5.41) is 0.341. The Morgan fingerprint density at radius 3 is 2.44 bits per heavy atom. The van der Waals surface area contributed by atoms with Gasteiger partial charge in [-0.2, -0.15) is 13.2 Å². The molecule has 6 nitrogen and oxygen atoms in total. The van der Waals surface area contributed by atoms with Crippen LogP contribution in [0.3, 0.4) is 0 Å². The lowest BCUT2D eigenvalue weighted by Crippen LogP contribution is -2.41. The van der Waals surface area contributed by atoms with E-state index in [1.54, 1.807) is 24.3 Å². The van der Waals surface area contributed by atoms with Gasteiger partial charge in [-0.15, -0.1) is 0 Å². The Hall–Kier alpha value is -2.17. The van der Waals surface area contributed by atoms with Crippen LogP contribution in [0.15, 0.2) is 70.1 Å². The fourth-order valence-electron chi connectivity index (χ4n) is 3.90. The van der Waals surface area contributed by atoms with Gasteiger partial charge in [0.25, 0.3) is 5.56 Å². The van der Waals surface area contributed by atoms with Crippen LogP contribution >= 0.6 is 68.1 Å². The summed E-state index contributed by atoms with van der Waals surface area (Å²) >= 11 is 11.0. The van der Waals surface area contributed by atoms with Crippen LogP contribution in [0.25, 0.3) is 6.08 Å². The van der Waals surface area contributed by atoms with Gasteiger partial charge >= 0.3 is 12.1 Å². The highest BCUT2D eigenvalue weighted by atomic mass is 127. The minimum Gasteiger partial charge on any atom is -0.487 e. The molecule has 1 aliphatic heterocycles. The highest BCUT2D eigenvalue weighted by Crippen LogP contribution is 2.38. The maximum Gasteiger partial charge on any atom is 0.434 e. The van der Waals surface area contributed by atoms with Gasteiger partial charge in [-0.3, -0.25) is 9.36 Å². The molecule has 0 saturated heterocycles. The smallest absolute Gasteiger partial charge is 0.434 e. The molecule has 0 saturated carbocycles. The Balaban J connectivity index is 1.98. The quantitative estimate of drug-likeness (QED) is 0.173. The minimum absolute atomic E-state index is 0.144. The second kappa shape index (κ2) is 12.1. The van der Waals surface area contributed by atoms with Gasteiger partial charge in [0.15, 0.2) is 10.5 Å². The van der Waals surface area contributed by atoms with E-state index >= 15 is 0 Å². The van der Waals surface area contributed by atoms with Gasteiger partial charge in [0, 0.05) is 5.02 Å². The Bertz CT molecular complexity index is 1640. The molecule has 0 radical (unpaired) electrons. The second-order valence-electron chi connectivity index (χ2n) is 8.03. The number of esters is 1. The summed E-state index contributed by atoms with van der Waals surface area (Å²) in [6.45, 7) is 5.28. The standard InChI is InChI=1S/C26H18ClF3I2N2O4S/c1-3-9-38-21-16(31)10-13(11-17(21)32)12-18-23(35)34-20(14-5-7-15(27)8-6-14)19(24(36)37-4-2)22(26(28,29)30)33-25(34)39-18/h3,5-8,10-12,20H,1,4,9H2,2H3/b18-12-/t20-/m1/s1. The van der Waals surface area contributed by atoms with E-state index in [1.807, 2.05) is 0 Å². The van der Waals surface area contributed by atoms with E-state index in [-0.39, 0.29) is 21.5 Å². The zero-order chi connectivity index (χ0) is 28.5. The van der Waals surface area contributed by atoms with Crippen molar-refractivity contribution < 1.29 is 27.4 Å². The number of nitrogens with zero attached hydrogens (tertiary/aromatic N) is 2. The third-order valence-electron chi connectivity index (χ3n) is 5.44. The molecule has 0 N–H and O–H groups in total. The van der Waals surface area contributed by atoms with Crippen molar-refractivity contribution >= 4 is 80.2 Å². The Morgan fingerprint density at radius 1 is 1.23 bits per heavy atom. The summed E-state index contributed by atoms with van der Waals surface area (Å²) in [6, 6.07) is 8.05. The zero-order valence-electron chi connectivity index (χ0n) is 20.0. The molecule has 0 spiro atoms. The van der Waals surface area contributed by atoms with Crippen LogP contribution in [0.2, 0.25) is 5.02 Å². The molecule has 1 aromatic heterocycles. The van der Waals surface area contributed by atoms with E-state index in [9.17, 15) is 22.8 Å². The SMILES string of the molecule is C=CCOc1c(I)cc(/C=c2\sc3n(c2=O)[C@H](c2ccc(Cl)cc2)C(C(=O)OCC)=C(C(F)(F)F)N=3)cc1I. The van der Waals surface area contributed by atoms with Gasteiger partial charge < -0.3 is 9.47 Å². The molecule has 4 rings (SSSR count). The average molecular weight is 801 g/mol. The zero-order valence-corrected chi connectivity index (χ0v) is 25.9. The summed E-state index contributed by atoms with van der Waals surface area (Å²) in [7, 11) is 0. The molecule has 3 aromatic rings. The van der Waals surface area contributed by atoms with E-state index < -0.39 is 35.0 Å². The van der Waals surface area contributed by atoms with Gasteiger partial charge in [0.2, 0.25) is 0 Å². The third kappa shape index (κ3) is 6.28. The molecule has 2 heterocycles. The molecule has 0 aliphatic carbocycles. The van der Waals surface area contributed by atoms with Crippen LogP contribution in [0.1, 0.15) is 24.1 Å². The number of hydrogen-bond donors (Lipinski definition) is 0. The topological polar surface area (TPSA) is 69.9 Å². The first-order chi connectivity index (χ1) is 18.5. The van der Waals surface area contributed by atoms with Crippen molar-refractivity contribution in [1.29, 1.82) is 0 Å². The number of fused-ring (bicyclic) bond motifs is 1. The molecule has 13 heteroatoms. The van der Waals surface area contributed by atoms with Gasteiger partial charge in [0.05, 0.1) is 29.9 Å². The first kappa shape index (κ1) is 29.8. The fraction of sp³-hybridized carbons (Fsp3) is 0.192. The number of hydrogen-bond acceptors (Lipinski definition) is 6. The van der Waals surface area contributed by atoms with Crippen LogP contribution in [0.4, 0.5) is 13.2 Å². The third-order valence-corrected chi connectivity index (χ3v) is 8.28. The van der Waals surface area contributed by atoms with Crippen molar-refractivity contribution in [1.82, 2.24) is 4.57 Å². The Kier molecular flexibility index (Phi) is 9.28. The number of ether oxygens (including phenoxy) is 2. The predicted molar refractivity (Wildman–Crippen MR) is 160 cm³/mol. The number of alkyl halides is 3. The van der Waals surface area contributed by atoms with Crippen LogP contribution in [0.5, 0.6) is 5.75 Å². The highest BCUT2D eigenvalue weighted by Gasteiger charge is 2.45. The first-order valence-electron chi connectivity index (χ1n) is 11.2. The number of halogens is 6. The molecule has 204 valence electrons. The second-order valence-corrected chi connectivity index (χ2v) is 11.8. The highest BCUT2D eigenvalue weighted by molar-refractivity contribution is 14.1. The lowest BCUT2D eigenvalue weighted by molar-refractivity contribution is -0.140. The van der Waals surface area contributed by atoms with Crippen LogP contribution in [-0.4, -0.2) is 29.9 Å². The number of thiazole rings is 1. The van der Waals surface area contributed by atoms with E-state index in [1.165, 1.54) is 31.2 Å². The van der Waals surface area contributed by atoms with Gasteiger partial charge in [-0.05, 0) is 93.6 Å². The van der Waals surface area contributed by atoms with Gasteiger partial charge in [0.1, 0.15) is 12.4 Å². The molecule has 1 aliphatic rings. The maximum atomic E-state index is 14.2. The van der Waals surface area contributed by atoms with E-state index in [0.29, 0.717) is 22.9 Å². The fourth-order valence-corrected chi connectivity index (χ4v) is 7.15. The molecule has 0 amide bonds. The molecule has 1 atom stereocenters. The molecule has 0 unspecified atom stereocenters. The van der Waals surface area contributed by atoms with Gasteiger partial charge in [-0.1, -0.05) is 47.7 Å². The lowest BCUT2D eigenvalue weighted by Gasteiger charge is -2.26. The van der Waals surface area contributed by atoms with Crippen molar-refractivity contribution in [2.24, 2.45) is 4.99 Å². The Morgan fingerprint density at radius 2 is 1.87 bits per heavy atom. The number of carbonyl (C=O) groups is 1. The van der Waals surface area contributed by atoms with Crippen molar-refractivity contribution in [2.45, 2.75) is 19.1 Å². The molecule has 0 bridgehead atoms. The van der Waals surface area contributed by atoms with E-state index in [4.69, 9.17) is 21.1 Å². The molecular formula is C26H18ClF3I2N2O4S. The number of rotatable bonds is 7. The summed E-state index contributed by atoms with van der Waals surface area (Å²) < 4.78 is 56.1. The van der Waals surface area contributed by atoms with Crippen molar-refractivity contribution in [2.75, 3.05) is 13.2 Å². The molecule has 39 heavy (non-hydrogen) atoms. The summed E-state index contributed by atoms with van der Waals surface area (Å²) in [6.07, 6.45) is -1.78. The van der Waals surface area contributed by atoms with E-state index in [2.05, 4.69) is 56.8 Å². The van der Waals surface area contributed by atoms with Crippen molar-refractivity contribution in [3.05, 3.63) is 103 Å². The van der Waals surface area contributed by atoms with Crippen LogP contribution in [-0.2, 0) is 9.53 Å². The molecular weight excluding hydrogens is 783 g/mol. The number of aromatic nitrogens is 1. The summed E-state index contributed by atoms with van der Waals surface area (Å²) in [5.41, 5.74) is -1.87. The number of carbonyl (C=O) groups excluding carboxylic acids is 1. The predicted octanol–water partition coefficient (Wildman–Crippen LogP) is 5.77. The summed E-state index contributed by atoms with van der Waals surface area (Å²) in [5.74, 6) is -0.548. The van der Waals surface area contributed by atoms with Crippen LogP contribution in [0, 0.1) is 7.14 Å². The van der Waals surface area contributed by atoms with Crippen LogP contribution < -0.4 is 19.6 Å².